The van der Waals surface area contributed by atoms with Gasteiger partial charge in [-0.2, -0.15) is 0 Å². The molecule has 0 aromatic heterocycles. The lowest BCUT2D eigenvalue weighted by molar-refractivity contribution is -0.274. The van der Waals surface area contributed by atoms with Gasteiger partial charge in [-0.15, -0.1) is 13.2 Å². The van der Waals surface area contributed by atoms with Gasteiger partial charge in [0.05, 0.1) is 17.8 Å². The van der Waals surface area contributed by atoms with Crippen LogP contribution in [0.4, 0.5) is 13.2 Å². The number of rotatable bonds is 5. The number of alkyl halides is 3. The van der Waals surface area contributed by atoms with Crippen LogP contribution in [0.2, 0.25) is 0 Å². The summed E-state index contributed by atoms with van der Waals surface area (Å²) in [5.74, 6) is -0.0795. The van der Waals surface area contributed by atoms with Crippen molar-refractivity contribution in [1.29, 1.82) is 0 Å². The van der Waals surface area contributed by atoms with E-state index in [-0.39, 0.29) is 11.5 Å². The van der Waals surface area contributed by atoms with Crippen LogP contribution in [0.1, 0.15) is 41.0 Å². The molecule has 0 aliphatic carbocycles. The molecule has 1 aliphatic heterocycles. The quantitative estimate of drug-likeness (QED) is 0.763. The average molecular weight is 346 g/mol. The first-order valence-electron chi connectivity index (χ1n) is 7.83. The van der Waals surface area contributed by atoms with E-state index in [0.29, 0.717) is 12.1 Å². The molecule has 8 heteroatoms. The first kappa shape index (κ1) is 18.9. The van der Waals surface area contributed by atoms with Crippen LogP contribution in [0.3, 0.4) is 0 Å². The van der Waals surface area contributed by atoms with Gasteiger partial charge in [-0.05, 0) is 51.7 Å². The lowest BCUT2D eigenvalue weighted by Gasteiger charge is -2.32. The highest BCUT2D eigenvalue weighted by Crippen LogP contribution is 2.37. The van der Waals surface area contributed by atoms with Gasteiger partial charge >= 0.3 is 13.5 Å². The Morgan fingerprint density at radius 2 is 1.54 bits per heavy atom. The van der Waals surface area contributed by atoms with E-state index in [2.05, 4.69) is 4.74 Å². The average Bonchev–Trinajstić information content (AvgIpc) is 2.63. The van der Waals surface area contributed by atoms with Gasteiger partial charge in [0.1, 0.15) is 11.5 Å². The van der Waals surface area contributed by atoms with Crippen molar-refractivity contribution < 1.29 is 32.0 Å². The van der Waals surface area contributed by atoms with E-state index >= 15 is 0 Å². The summed E-state index contributed by atoms with van der Waals surface area (Å²) >= 11 is 0. The Balaban J connectivity index is 2.33. The summed E-state index contributed by atoms with van der Waals surface area (Å²) in [6.07, 6.45) is -4.05. The monoisotopic (exact) mass is 346 g/mol. The Hall–Kier alpha value is -1.41. The van der Waals surface area contributed by atoms with Gasteiger partial charge in [0.2, 0.25) is 0 Å². The van der Waals surface area contributed by atoms with Crippen LogP contribution in [0.25, 0.3) is 0 Å². The maximum Gasteiger partial charge on any atom is 0.573 e. The number of ether oxygens (including phenoxy) is 2. The topological polar surface area (TPSA) is 36.9 Å². The predicted molar refractivity (Wildman–Crippen MR) is 84.6 cm³/mol. The molecule has 0 spiro atoms. The summed E-state index contributed by atoms with van der Waals surface area (Å²) < 4.78 is 58.9. The van der Waals surface area contributed by atoms with Crippen molar-refractivity contribution in [2.45, 2.75) is 58.6 Å². The van der Waals surface area contributed by atoms with Gasteiger partial charge < -0.3 is 18.8 Å². The highest BCUT2D eigenvalue weighted by molar-refractivity contribution is 6.62. The summed E-state index contributed by atoms with van der Waals surface area (Å²) in [7, 11) is -0.796. The van der Waals surface area contributed by atoms with Gasteiger partial charge in [0.15, 0.2) is 0 Å². The van der Waals surface area contributed by atoms with Crippen molar-refractivity contribution in [1.82, 2.24) is 0 Å². The molecule has 0 radical (unpaired) electrons. The number of halogens is 3. The first-order valence-corrected chi connectivity index (χ1v) is 7.83. The largest absolute Gasteiger partial charge is 0.573 e. The Morgan fingerprint density at radius 3 is 2.04 bits per heavy atom. The minimum absolute atomic E-state index is 0.281. The van der Waals surface area contributed by atoms with Crippen molar-refractivity contribution in [2.75, 3.05) is 6.61 Å². The van der Waals surface area contributed by atoms with Crippen molar-refractivity contribution >= 4 is 12.6 Å². The lowest BCUT2D eigenvalue weighted by atomic mass is 9.79. The summed E-state index contributed by atoms with van der Waals surface area (Å²) in [6.45, 7) is 9.79. The molecule has 1 fully saturated rings. The number of benzene rings is 1. The molecule has 1 saturated heterocycles. The van der Waals surface area contributed by atoms with Gasteiger partial charge in [0, 0.05) is 6.07 Å². The fraction of sp³-hybridized carbons (Fsp3) is 0.625. The van der Waals surface area contributed by atoms with E-state index in [1.165, 1.54) is 12.1 Å². The van der Waals surface area contributed by atoms with Crippen LogP contribution >= 0.6 is 0 Å². The normalized spacial score (nSPS) is 19.4. The lowest BCUT2D eigenvalue weighted by Crippen LogP contribution is -2.41. The molecular weight excluding hydrogens is 324 g/mol. The van der Waals surface area contributed by atoms with E-state index in [1.807, 2.05) is 34.6 Å². The Bertz CT molecular complexity index is 571. The van der Waals surface area contributed by atoms with Gasteiger partial charge in [-0.1, -0.05) is 6.92 Å². The summed E-state index contributed by atoms with van der Waals surface area (Å²) in [4.78, 5) is 0. The molecule has 0 bridgehead atoms. The first-order chi connectivity index (χ1) is 10.9. The SMILES string of the molecule is CCCOc1cc(OC(F)(F)F)cc(B2OC(C)(C)C(C)(C)O2)c1. The highest BCUT2D eigenvalue weighted by Gasteiger charge is 2.52. The summed E-state index contributed by atoms with van der Waals surface area (Å²) in [5.41, 5.74) is -0.770. The molecule has 2 rings (SSSR count). The van der Waals surface area contributed by atoms with Crippen LogP contribution in [0.5, 0.6) is 11.5 Å². The number of hydrogen-bond acceptors (Lipinski definition) is 4. The molecule has 0 saturated carbocycles. The smallest absolute Gasteiger partial charge is 0.493 e. The fourth-order valence-corrected chi connectivity index (χ4v) is 2.20. The highest BCUT2D eigenvalue weighted by atomic mass is 19.4. The fourth-order valence-electron chi connectivity index (χ4n) is 2.20. The van der Waals surface area contributed by atoms with Crippen molar-refractivity contribution in [2.24, 2.45) is 0 Å². The molecule has 1 aromatic carbocycles. The summed E-state index contributed by atoms with van der Waals surface area (Å²) in [6, 6.07) is 4.08. The second-order valence-electron chi connectivity index (χ2n) is 6.72. The van der Waals surface area contributed by atoms with Crippen LogP contribution in [-0.2, 0) is 9.31 Å². The van der Waals surface area contributed by atoms with E-state index in [0.717, 1.165) is 6.42 Å². The van der Waals surface area contributed by atoms with Gasteiger partial charge in [-0.3, -0.25) is 0 Å². The minimum atomic E-state index is -4.78. The minimum Gasteiger partial charge on any atom is -0.493 e. The Kier molecular flexibility index (Phi) is 5.11. The molecule has 0 amide bonds. The van der Waals surface area contributed by atoms with Gasteiger partial charge in [0.25, 0.3) is 0 Å². The van der Waals surface area contributed by atoms with Crippen molar-refractivity contribution in [3.8, 4) is 11.5 Å². The maximum atomic E-state index is 12.6. The molecule has 24 heavy (non-hydrogen) atoms. The van der Waals surface area contributed by atoms with Gasteiger partial charge in [-0.25, -0.2) is 0 Å². The molecule has 0 N–H and O–H groups in total. The number of hydrogen-bond donors (Lipinski definition) is 0. The second-order valence-corrected chi connectivity index (χ2v) is 6.72. The Labute approximate surface area is 140 Å². The zero-order valence-corrected chi connectivity index (χ0v) is 14.5. The molecule has 4 nitrogen and oxygen atoms in total. The van der Waals surface area contributed by atoms with Crippen LogP contribution in [-0.4, -0.2) is 31.3 Å². The standard InChI is InChI=1S/C16H22BF3O4/c1-6-7-21-12-8-11(9-13(10-12)22-16(18,19)20)17-23-14(2,3)15(4,5)24-17/h8-10H,6-7H2,1-5H3. The molecule has 1 aliphatic rings. The molecular formula is C16H22BF3O4. The molecule has 134 valence electrons. The zero-order chi connectivity index (χ0) is 18.2. The van der Waals surface area contributed by atoms with E-state index in [4.69, 9.17) is 14.0 Å². The summed E-state index contributed by atoms with van der Waals surface area (Å²) in [5, 5.41) is 0. The molecule has 1 heterocycles. The third kappa shape index (κ3) is 4.36. The van der Waals surface area contributed by atoms with Crippen LogP contribution < -0.4 is 14.9 Å². The van der Waals surface area contributed by atoms with Crippen LogP contribution in [0.15, 0.2) is 18.2 Å². The third-order valence-electron chi connectivity index (χ3n) is 4.13. The predicted octanol–water partition coefficient (Wildman–Crippen LogP) is 3.67. The molecule has 0 unspecified atom stereocenters. The van der Waals surface area contributed by atoms with E-state index in [9.17, 15) is 13.2 Å². The van der Waals surface area contributed by atoms with Crippen LogP contribution in [0, 0.1) is 0 Å². The van der Waals surface area contributed by atoms with Crippen molar-refractivity contribution in [3.63, 3.8) is 0 Å². The second kappa shape index (κ2) is 6.48. The third-order valence-corrected chi connectivity index (χ3v) is 4.13. The van der Waals surface area contributed by atoms with E-state index < -0.39 is 24.7 Å². The molecule has 0 atom stereocenters. The maximum absolute atomic E-state index is 12.6. The zero-order valence-electron chi connectivity index (χ0n) is 14.5. The van der Waals surface area contributed by atoms with Crippen molar-refractivity contribution in [3.05, 3.63) is 18.2 Å². The molecule has 1 aromatic rings. The Morgan fingerprint density at radius 1 is 1.00 bits per heavy atom. The van der Waals surface area contributed by atoms with E-state index in [1.54, 1.807) is 6.07 Å².